The van der Waals surface area contributed by atoms with Crippen molar-refractivity contribution in [2.45, 2.75) is 20.3 Å². The predicted molar refractivity (Wildman–Crippen MR) is 70.0 cm³/mol. The molecule has 0 bridgehead atoms. The Labute approximate surface area is 111 Å². The number of pyridine rings is 1. The van der Waals surface area contributed by atoms with Crippen LogP contribution in [0, 0.1) is 13.8 Å². The predicted octanol–water partition coefficient (Wildman–Crippen LogP) is 2.51. The van der Waals surface area contributed by atoms with E-state index in [9.17, 15) is 4.79 Å². The number of aromatic nitrogens is 3. The Morgan fingerprint density at radius 2 is 2.11 bits per heavy atom. The zero-order chi connectivity index (χ0) is 13.3. The van der Waals surface area contributed by atoms with E-state index in [1.54, 1.807) is 30.1 Å². The molecule has 94 valence electrons. The van der Waals surface area contributed by atoms with Crippen molar-refractivity contribution in [3.63, 3.8) is 0 Å². The van der Waals surface area contributed by atoms with Crippen molar-refractivity contribution in [1.82, 2.24) is 14.8 Å². The molecule has 0 atom stereocenters. The molecule has 0 saturated heterocycles. The second-order valence-electron chi connectivity index (χ2n) is 4.21. The highest BCUT2D eigenvalue weighted by Crippen LogP contribution is 2.21. The normalized spacial score (nSPS) is 10.7. The van der Waals surface area contributed by atoms with Gasteiger partial charge in [-0.05, 0) is 26.0 Å². The molecule has 0 aromatic carbocycles. The Hall–Kier alpha value is -1.68. The standard InChI is InChI=1S/C13H14ClN3O/c1-8-10(5-4-6-15-8)12(18)7-11-13(14)9(2)16-17(11)3/h4-6H,7H2,1-3H3. The van der Waals surface area contributed by atoms with E-state index in [4.69, 9.17) is 11.6 Å². The minimum absolute atomic E-state index is 0.00509. The summed E-state index contributed by atoms with van der Waals surface area (Å²) >= 11 is 6.13. The van der Waals surface area contributed by atoms with Crippen LogP contribution in [0.25, 0.3) is 0 Å². The largest absolute Gasteiger partial charge is 0.294 e. The summed E-state index contributed by atoms with van der Waals surface area (Å²) in [6.45, 7) is 3.65. The molecular formula is C13H14ClN3O. The number of rotatable bonds is 3. The topological polar surface area (TPSA) is 47.8 Å². The average Bonchev–Trinajstić information content (AvgIpc) is 2.56. The van der Waals surface area contributed by atoms with Gasteiger partial charge in [-0.15, -0.1) is 0 Å². The summed E-state index contributed by atoms with van der Waals surface area (Å²) in [5.41, 5.74) is 2.84. The van der Waals surface area contributed by atoms with E-state index >= 15 is 0 Å². The third-order valence-electron chi connectivity index (χ3n) is 2.90. The number of aryl methyl sites for hydroxylation is 3. The molecule has 4 nitrogen and oxygen atoms in total. The molecule has 2 aromatic heterocycles. The van der Waals surface area contributed by atoms with Gasteiger partial charge in [-0.25, -0.2) is 0 Å². The minimum atomic E-state index is 0.00509. The van der Waals surface area contributed by atoms with Crippen LogP contribution in [0.1, 0.15) is 27.4 Å². The fourth-order valence-electron chi connectivity index (χ4n) is 1.90. The van der Waals surface area contributed by atoms with Crippen LogP contribution in [0.3, 0.4) is 0 Å². The lowest BCUT2D eigenvalue weighted by molar-refractivity contribution is 0.0990. The van der Waals surface area contributed by atoms with Crippen LogP contribution in [0.2, 0.25) is 5.02 Å². The van der Waals surface area contributed by atoms with Crippen LogP contribution < -0.4 is 0 Å². The summed E-state index contributed by atoms with van der Waals surface area (Å²) in [4.78, 5) is 16.3. The summed E-state index contributed by atoms with van der Waals surface area (Å²) in [5.74, 6) is 0.00509. The Bertz CT molecular complexity index is 604. The zero-order valence-corrected chi connectivity index (χ0v) is 11.3. The maximum atomic E-state index is 12.2. The Morgan fingerprint density at radius 1 is 1.39 bits per heavy atom. The van der Waals surface area contributed by atoms with Crippen LogP contribution in [-0.4, -0.2) is 20.5 Å². The molecule has 0 N–H and O–H groups in total. The third kappa shape index (κ3) is 2.29. The molecule has 0 fully saturated rings. The van der Waals surface area contributed by atoms with Crippen LogP contribution in [0.15, 0.2) is 18.3 Å². The smallest absolute Gasteiger partial charge is 0.170 e. The van der Waals surface area contributed by atoms with Gasteiger partial charge in [0.25, 0.3) is 0 Å². The monoisotopic (exact) mass is 263 g/mol. The van der Waals surface area contributed by atoms with Gasteiger partial charge in [0, 0.05) is 24.5 Å². The van der Waals surface area contributed by atoms with Crippen molar-refractivity contribution < 1.29 is 4.79 Å². The number of nitrogens with zero attached hydrogens (tertiary/aromatic N) is 3. The summed E-state index contributed by atoms with van der Waals surface area (Å²) in [6.07, 6.45) is 1.91. The van der Waals surface area contributed by atoms with Gasteiger partial charge >= 0.3 is 0 Å². The average molecular weight is 264 g/mol. The van der Waals surface area contributed by atoms with E-state index in [2.05, 4.69) is 10.1 Å². The van der Waals surface area contributed by atoms with E-state index < -0.39 is 0 Å². The van der Waals surface area contributed by atoms with Gasteiger partial charge in [-0.2, -0.15) is 5.10 Å². The Kier molecular flexibility index (Phi) is 3.48. The van der Waals surface area contributed by atoms with Gasteiger partial charge in [-0.1, -0.05) is 11.6 Å². The van der Waals surface area contributed by atoms with Crippen molar-refractivity contribution in [3.8, 4) is 0 Å². The SMILES string of the molecule is Cc1ncccc1C(=O)Cc1c(Cl)c(C)nn1C. The second-order valence-corrected chi connectivity index (χ2v) is 4.58. The van der Waals surface area contributed by atoms with E-state index in [0.717, 1.165) is 17.1 Å². The first-order valence-electron chi connectivity index (χ1n) is 5.63. The molecule has 0 aliphatic carbocycles. The minimum Gasteiger partial charge on any atom is -0.294 e. The Balaban J connectivity index is 2.30. The molecule has 2 aromatic rings. The molecule has 2 rings (SSSR count). The highest BCUT2D eigenvalue weighted by atomic mass is 35.5. The van der Waals surface area contributed by atoms with Gasteiger partial charge in [0.05, 0.1) is 22.8 Å². The molecule has 0 unspecified atom stereocenters. The zero-order valence-electron chi connectivity index (χ0n) is 10.6. The summed E-state index contributed by atoms with van der Waals surface area (Å²) < 4.78 is 1.65. The number of Topliss-reactive ketones (excluding diaryl/α,β-unsaturated/α-hetero) is 1. The molecule has 18 heavy (non-hydrogen) atoms. The van der Waals surface area contributed by atoms with E-state index in [1.165, 1.54) is 0 Å². The van der Waals surface area contributed by atoms with E-state index in [-0.39, 0.29) is 12.2 Å². The molecule has 0 aliphatic heterocycles. The van der Waals surface area contributed by atoms with Gasteiger partial charge in [0.1, 0.15) is 0 Å². The van der Waals surface area contributed by atoms with Crippen molar-refractivity contribution in [2.75, 3.05) is 0 Å². The first-order chi connectivity index (χ1) is 8.50. The third-order valence-corrected chi connectivity index (χ3v) is 3.39. The molecule has 2 heterocycles. The maximum Gasteiger partial charge on any atom is 0.170 e. The fraction of sp³-hybridized carbons (Fsp3) is 0.308. The van der Waals surface area contributed by atoms with Crippen LogP contribution in [0.4, 0.5) is 0 Å². The van der Waals surface area contributed by atoms with Crippen LogP contribution in [-0.2, 0) is 13.5 Å². The highest BCUT2D eigenvalue weighted by molar-refractivity contribution is 6.32. The van der Waals surface area contributed by atoms with Gasteiger partial charge in [0.2, 0.25) is 0 Å². The van der Waals surface area contributed by atoms with Crippen molar-refractivity contribution in [3.05, 3.63) is 46.0 Å². The lowest BCUT2D eigenvalue weighted by Crippen LogP contribution is -2.10. The molecular weight excluding hydrogens is 250 g/mol. The molecule has 0 saturated carbocycles. The van der Waals surface area contributed by atoms with Crippen molar-refractivity contribution in [2.24, 2.45) is 7.05 Å². The molecule has 5 heteroatoms. The molecule has 0 radical (unpaired) electrons. The maximum absolute atomic E-state index is 12.2. The number of halogens is 1. The summed E-state index contributed by atoms with van der Waals surface area (Å²) in [5, 5.41) is 4.76. The Morgan fingerprint density at radius 3 is 2.67 bits per heavy atom. The first kappa shape index (κ1) is 12.8. The van der Waals surface area contributed by atoms with E-state index in [1.807, 2.05) is 13.8 Å². The van der Waals surface area contributed by atoms with E-state index in [0.29, 0.717) is 10.6 Å². The highest BCUT2D eigenvalue weighted by Gasteiger charge is 2.17. The number of hydrogen-bond acceptors (Lipinski definition) is 3. The quantitative estimate of drug-likeness (QED) is 0.800. The molecule has 0 amide bonds. The molecule has 0 spiro atoms. The van der Waals surface area contributed by atoms with Gasteiger partial charge < -0.3 is 0 Å². The second kappa shape index (κ2) is 4.90. The summed E-state index contributed by atoms with van der Waals surface area (Å²) in [7, 11) is 1.79. The lowest BCUT2D eigenvalue weighted by Gasteiger charge is -2.04. The first-order valence-corrected chi connectivity index (χ1v) is 6.01. The lowest BCUT2D eigenvalue weighted by atomic mass is 10.1. The fourth-order valence-corrected chi connectivity index (χ4v) is 2.13. The summed E-state index contributed by atoms with van der Waals surface area (Å²) in [6, 6.07) is 3.54. The van der Waals surface area contributed by atoms with Crippen molar-refractivity contribution in [1.29, 1.82) is 0 Å². The van der Waals surface area contributed by atoms with Gasteiger partial charge in [-0.3, -0.25) is 14.5 Å². The number of carbonyl (C=O) groups is 1. The molecule has 0 aliphatic rings. The number of hydrogen-bond donors (Lipinski definition) is 0. The van der Waals surface area contributed by atoms with Crippen molar-refractivity contribution >= 4 is 17.4 Å². The van der Waals surface area contributed by atoms with Crippen LogP contribution in [0.5, 0.6) is 0 Å². The number of carbonyl (C=O) groups excluding carboxylic acids is 1. The van der Waals surface area contributed by atoms with Crippen LogP contribution >= 0.6 is 11.6 Å². The van der Waals surface area contributed by atoms with Gasteiger partial charge in [0.15, 0.2) is 5.78 Å². The number of ketones is 1.